The Hall–Kier alpha value is -1.94. The van der Waals surface area contributed by atoms with Gasteiger partial charge in [0.15, 0.2) is 17.5 Å². The first kappa shape index (κ1) is 21.1. The molecule has 0 spiro atoms. The number of methoxy groups -OCH3 is 1. The summed E-state index contributed by atoms with van der Waals surface area (Å²) in [5.41, 5.74) is 7.56. The van der Waals surface area contributed by atoms with Crippen LogP contribution >= 0.6 is 24.0 Å². The molecule has 0 aromatic heterocycles. The predicted molar refractivity (Wildman–Crippen MR) is 105 cm³/mol. The number of para-hydroxylation sites is 1. The molecule has 0 saturated heterocycles. The van der Waals surface area contributed by atoms with Gasteiger partial charge in [0, 0.05) is 24.4 Å². The molecule has 0 aliphatic carbocycles. The van der Waals surface area contributed by atoms with Crippen molar-refractivity contribution in [3.8, 4) is 5.75 Å². The molecule has 0 bridgehead atoms. The van der Waals surface area contributed by atoms with Gasteiger partial charge in [-0.1, -0.05) is 18.2 Å². The van der Waals surface area contributed by atoms with E-state index in [9.17, 15) is 8.78 Å². The summed E-state index contributed by atoms with van der Waals surface area (Å²) in [5.74, 6) is -1.22. The van der Waals surface area contributed by atoms with E-state index < -0.39 is 11.6 Å². The van der Waals surface area contributed by atoms with Crippen molar-refractivity contribution in [3.05, 3.63) is 59.7 Å². The fraction of sp³-hybridized carbons (Fsp3) is 0.235. The van der Waals surface area contributed by atoms with E-state index in [4.69, 9.17) is 15.2 Å². The molecular weight excluding hydrogens is 443 g/mol. The number of hydrogen-bond acceptors (Lipinski definition) is 3. The first-order valence-corrected chi connectivity index (χ1v) is 7.32. The Bertz CT molecular complexity index is 714. The van der Waals surface area contributed by atoms with Gasteiger partial charge in [-0.3, -0.25) is 0 Å². The molecule has 2 aromatic rings. The molecule has 3 N–H and O–H groups in total. The van der Waals surface area contributed by atoms with Gasteiger partial charge in [0.2, 0.25) is 0 Å². The van der Waals surface area contributed by atoms with Crippen LogP contribution in [0.2, 0.25) is 0 Å². The minimum atomic E-state index is -0.751. The van der Waals surface area contributed by atoms with Gasteiger partial charge in [0.05, 0.1) is 13.2 Å². The van der Waals surface area contributed by atoms with Crippen LogP contribution in [0.4, 0.5) is 14.5 Å². The van der Waals surface area contributed by atoms with E-state index in [-0.39, 0.29) is 48.8 Å². The van der Waals surface area contributed by atoms with E-state index in [1.807, 2.05) is 24.3 Å². The Morgan fingerprint density at radius 3 is 2.68 bits per heavy atom. The molecular formula is C17H20F2IN3O2. The highest BCUT2D eigenvalue weighted by Crippen LogP contribution is 2.17. The van der Waals surface area contributed by atoms with Crippen LogP contribution in [-0.2, 0) is 11.3 Å². The largest absolute Gasteiger partial charge is 0.489 e. The van der Waals surface area contributed by atoms with Crippen molar-refractivity contribution >= 4 is 35.6 Å². The van der Waals surface area contributed by atoms with Crippen LogP contribution in [0, 0.1) is 11.6 Å². The lowest BCUT2D eigenvalue weighted by molar-refractivity contribution is 0.185. The Kier molecular flexibility index (Phi) is 9.14. The van der Waals surface area contributed by atoms with Crippen molar-refractivity contribution in [2.45, 2.75) is 6.61 Å². The number of nitrogens with zero attached hydrogens (tertiary/aromatic N) is 1. The smallest absolute Gasteiger partial charge is 0.193 e. The lowest BCUT2D eigenvalue weighted by Gasteiger charge is -2.11. The highest BCUT2D eigenvalue weighted by molar-refractivity contribution is 14.0. The number of nitrogens with one attached hydrogen (secondary N) is 1. The molecule has 0 fully saturated rings. The summed E-state index contributed by atoms with van der Waals surface area (Å²) in [6, 6.07) is 10.7. The molecule has 25 heavy (non-hydrogen) atoms. The summed E-state index contributed by atoms with van der Waals surface area (Å²) >= 11 is 0. The molecule has 2 rings (SSSR count). The average molecular weight is 463 g/mol. The maximum Gasteiger partial charge on any atom is 0.193 e. The van der Waals surface area contributed by atoms with E-state index >= 15 is 0 Å². The van der Waals surface area contributed by atoms with E-state index in [1.165, 1.54) is 6.07 Å². The monoisotopic (exact) mass is 463 g/mol. The minimum absolute atomic E-state index is 0. The van der Waals surface area contributed by atoms with Gasteiger partial charge in [0.1, 0.15) is 12.4 Å². The van der Waals surface area contributed by atoms with E-state index in [1.54, 1.807) is 7.11 Å². The third kappa shape index (κ3) is 6.83. The third-order valence-electron chi connectivity index (χ3n) is 3.10. The molecule has 2 aromatic carbocycles. The van der Waals surface area contributed by atoms with Gasteiger partial charge >= 0.3 is 0 Å². The van der Waals surface area contributed by atoms with Crippen molar-refractivity contribution in [2.75, 3.05) is 25.6 Å². The number of benzene rings is 2. The van der Waals surface area contributed by atoms with Crippen molar-refractivity contribution < 1.29 is 18.3 Å². The molecule has 0 aliphatic heterocycles. The number of rotatable bonds is 7. The predicted octanol–water partition coefficient (Wildman–Crippen LogP) is 3.53. The molecule has 0 radical (unpaired) electrons. The summed E-state index contributed by atoms with van der Waals surface area (Å²) in [7, 11) is 1.61. The number of aliphatic imine (C=N–C) groups is 1. The van der Waals surface area contributed by atoms with Gasteiger partial charge < -0.3 is 20.5 Å². The molecule has 0 aliphatic rings. The third-order valence-corrected chi connectivity index (χ3v) is 3.10. The molecule has 0 saturated carbocycles. The summed E-state index contributed by atoms with van der Waals surface area (Å²) in [4.78, 5) is 4.10. The van der Waals surface area contributed by atoms with Crippen molar-refractivity contribution in [2.24, 2.45) is 10.7 Å². The van der Waals surface area contributed by atoms with Crippen molar-refractivity contribution in [3.63, 3.8) is 0 Å². The van der Waals surface area contributed by atoms with Crippen LogP contribution in [-0.4, -0.2) is 26.2 Å². The highest BCUT2D eigenvalue weighted by Gasteiger charge is 2.05. The van der Waals surface area contributed by atoms with Gasteiger partial charge in [-0.25, -0.2) is 13.8 Å². The van der Waals surface area contributed by atoms with Crippen LogP contribution in [0.5, 0.6) is 5.75 Å². The number of nitrogens with two attached hydrogens (primary N) is 1. The number of ether oxygens (including phenoxy) is 2. The summed E-state index contributed by atoms with van der Waals surface area (Å²) < 4.78 is 36.5. The standard InChI is InChI=1S/C17H19F2N3O2.HI/c1-23-11-12-4-2-3-5-15(12)22-17(20)21-8-9-24-16-7-6-13(18)10-14(16)19;/h2-7,10H,8-9,11H2,1H3,(H3,20,21,22);1H. The van der Waals surface area contributed by atoms with Gasteiger partial charge in [0.25, 0.3) is 0 Å². The van der Waals surface area contributed by atoms with E-state index in [2.05, 4.69) is 10.3 Å². The fourth-order valence-electron chi connectivity index (χ4n) is 2.02. The second-order valence-electron chi connectivity index (χ2n) is 4.91. The van der Waals surface area contributed by atoms with Crippen LogP contribution < -0.4 is 15.8 Å². The number of halogens is 3. The van der Waals surface area contributed by atoms with Crippen LogP contribution in [0.25, 0.3) is 0 Å². The lowest BCUT2D eigenvalue weighted by Crippen LogP contribution is -2.24. The topological polar surface area (TPSA) is 68.9 Å². The zero-order chi connectivity index (χ0) is 17.4. The maximum absolute atomic E-state index is 13.4. The first-order valence-electron chi connectivity index (χ1n) is 7.32. The number of guanidine groups is 1. The van der Waals surface area contributed by atoms with Gasteiger partial charge in [-0.2, -0.15) is 0 Å². The van der Waals surface area contributed by atoms with Crippen LogP contribution in [0.1, 0.15) is 5.56 Å². The Balaban J connectivity index is 0.00000312. The molecule has 8 heteroatoms. The zero-order valence-electron chi connectivity index (χ0n) is 13.7. The molecule has 5 nitrogen and oxygen atoms in total. The average Bonchev–Trinajstić information content (AvgIpc) is 2.55. The first-order chi connectivity index (χ1) is 11.6. The Morgan fingerprint density at radius 2 is 1.96 bits per heavy atom. The van der Waals surface area contributed by atoms with Crippen LogP contribution in [0.15, 0.2) is 47.5 Å². The molecule has 0 unspecified atom stereocenters. The van der Waals surface area contributed by atoms with Gasteiger partial charge in [-0.15, -0.1) is 24.0 Å². The van der Waals surface area contributed by atoms with Gasteiger partial charge in [-0.05, 0) is 18.2 Å². The summed E-state index contributed by atoms with van der Waals surface area (Å²) in [6.45, 7) is 0.788. The quantitative estimate of drug-likeness (QED) is 0.286. The van der Waals surface area contributed by atoms with E-state index in [0.717, 1.165) is 23.4 Å². The number of anilines is 1. The Labute approximate surface area is 162 Å². The SMILES string of the molecule is COCc1ccccc1NC(N)=NCCOc1ccc(F)cc1F.I. The lowest BCUT2D eigenvalue weighted by atomic mass is 10.2. The highest BCUT2D eigenvalue weighted by atomic mass is 127. The second kappa shape index (κ2) is 10.8. The summed E-state index contributed by atoms with van der Waals surface area (Å²) in [5, 5.41) is 2.98. The second-order valence-corrected chi connectivity index (χ2v) is 4.91. The zero-order valence-corrected chi connectivity index (χ0v) is 16.0. The molecule has 0 atom stereocenters. The van der Waals surface area contributed by atoms with E-state index in [0.29, 0.717) is 6.61 Å². The van der Waals surface area contributed by atoms with Crippen LogP contribution in [0.3, 0.4) is 0 Å². The molecule has 0 heterocycles. The fourth-order valence-corrected chi connectivity index (χ4v) is 2.02. The molecule has 0 amide bonds. The minimum Gasteiger partial charge on any atom is -0.489 e. The van der Waals surface area contributed by atoms with Crippen molar-refractivity contribution in [1.82, 2.24) is 0 Å². The maximum atomic E-state index is 13.4. The van der Waals surface area contributed by atoms with Crippen molar-refractivity contribution in [1.29, 1.82) is 0 Å². The number of hydrogen-bond donors (Lipinski definition) is 2. The summed E-state index contributed by atoms with van der Waals surface area (Å²) in [6.07, 6.45) is 0. The Morgan fingerprint density at radius 1 is 1.20 bits per heavy atom. The normalized spacial score (nSPS) is 10.9. The molecule has 136 valence electrons.